The van der Waals surface area contributed by atoms with Gasteiger partial charge in [0.05, 0.1) is 5.54 Å². The minimum Gasteiger partial charge on any atom is -0.347 e. The van der Waals surface area contributed by atoms with Gasteiger partial charge in [-0.1, -0.05) is 30.3 Å². The molecule has 0 amide bonds. The van der Waals surface area contributed by atoms with Crippen LogP contribution in [0.1, 0.15) is 19.4 Å². The molecule has 72 valence electrons. The van der Waals surface area contributed by atoms with Crippen LogP contribution in [0.15, 0.2) is 47.6 Å². The number of aliphatic imine (C=N–C) groups is 1. The summed E-state index contributed by atoms with van der Waals surface area (Å²) in [7, 11) is 0. The molecule has 0 bridgehead atoms. The second kappa shape index (κ2) is 3.29. The Hall–Kier alpha value is -1.57. The van der Waals surface area contributed by atoms with Crippen LogP contribution in [0.3, 0.4) is 0 Å². The Morgan fingerprint density at radius 2 is 1.86 bits per heavy atom. The van der Waals surface area contributed by atoms with Crippen molar-refractivity contribution in [3.05, 3.63) is 48.2 Å². The molecule has 1 aliphatic heterocycles. The van der Waals surface area contributed by atoms with E-state index < -0.39 is 0 Å². The summed E-state index contributed by atoms with van der Waals surface area (Å²) in [6.45, 7) is 4.18. The van der Waals surface area contributed by atoms with Crippen LogP contribution in [0, 0.1) is 0 Å². The lowest BCUT2D eigenvalue weighted by Crippen LogP contribution is -2.30. The Labute approximate surface area is 84.4 Å². The Morgan fingerprint density at radius 3 is 2.50 bits per heavy atom. The van der Waals surface area contributed by atoms with Gasteiger partial charge in [-0.05, 0) is 19.9 Å². The van der Waals surface area contributed by atoms with Crippen molar-refractivity contribution in [1.82, 2.24) is 5.32 Å². The third kappa shape index (κ3) is 1.84. The molecule has 0 atom stereocenters. The van der Waals surface area contributed by atoms with Crippen LogP contribution in [-0.4, -0.2) is 11.4 Å². The quantitative estimate of drug-likeness (QED) is 0.715. The molecule has 1 N–H and O–H groups in total. The van der Waals surface area contributed by atoms with Crippen molar-refractivity contribution in [2.24, 2.45) is 4.99 Å². The molecule has 0 spiro atoms. The van der Waals surface area contributed by atoms with Crippen LogP contribution in [0.4, 0.5) is 0 Å². The average molecular weight is 186 g/mol. The van der Waals surface area contributed by atoms with E-state index in [1.54, 1.807) is 0 Å². The lowest BCUT2D eigenvalue weighted by Gasteiger charge is -2.22. The zero-order valence-corrected chi connectivity index (χ0v) is 8.49. The van der Waals surface area contributed by atoms with Gasteiger partial charge in [-0.15, -0.1) is 0 Å². The summed E-state index contributed by atoms with van der Waals surface area (Å²) in [5.41, 5.74) is 1.03. The van der Waals surface area contributed by atoms with Gasteiger partial charge in [-0.2, -0.15) is 0 Å². The molecule has 0 aromatic heterocycles. The summed E-state index contributed by atoms with van der Waals surface area (Å²) < 4.78 is 0. The number of hydrogen-bond acceptors (Lipinski definition) is 2. The largest absolute Gasteiger partial charge is 0.347 e. The van der Waals surface area contributed by atoms with E-state index in [1.807, 2.05) is 24.4 Å². The minimum atomic E-state index is -0.101. The molecule has 1 aromatic carbocycles. The number of benzene rings is 1. The summed E-state index contributed by atoms with van der Waals surface area (Å²) in [6.07, 6.45) is 4.01. The summed E-state index contributed by atoms with van der Waals surface area (Å²) >= 11 is 0. The Morgan fingerprint density at radius 1 is 1.14 bits per heavy atom. The van der Waals surface area contributed by atoms with Crippen LogP contribution in [0.25, 0.3) is 0 Å². The molecule has 2 nitrogen and oxygen atoms in total. The number of hydrogen-bond donors (Lipinski definition) is 1. The maximum Gasteiger partial charge on any atom is 0.133 e. The number of nitrogens with one attached hydrogen (secondary N) is 1. The Bertz CT molecular complexity index is 375. The molecule has 0 unspecified atom stereocenters. The number of nitrogens with zero attached hydrogens (tertiary/aromatic N) is 1. The second-order valence-electron chi connectivity index (χ2n) is 3.96. The van der Waals surface area contributed by atoms with Gasteiger partial charge in [0.25, 0.3) is 0 Å². The molecule has 0 radical (unpaired) electrons. The monoisotopic (exact) mass is 186 g/mol. The van der Waals surface area contributed by atoms with Crippen LogP contribution >= 0.6 is 0 Å². The molecule has 0 fully saturated rings. The summed E-state index contributed by atoms with van der Waals surface area (Å²) in [6, 6.07) is 10.2. The lowest BCUT2D eigenvalue weighted by atomic mass is 10.0. The first kappa shape index (κ1) is 9.00. The molecular formula is C12H14N2. The van der Waals surface area contributed by atoms with E-state index in [0.717, 1.165) is 11.4 Å². The van der Waals surface area contributed by atoms with Crippen molar-refractivity contribution in [2.75, 3.05) is 0 Å². The van der Waals surface area contributed by atoms with Gasteiger partial charge in [0.1, 0.15) is 5.84 Å². The van der Waals surface area contributed by atoms with Gasteiger partial charge in [-0.25, -0.2) is 0 Å². The van der Waals surface area contributed by atoms with Crippen molar-refractivity contribution >= 4 is 5.84 Å². The molecular weight excluding hydrogens is 172 g/mol. The highest BCUT2D eigenvalue weighted by molar-refractivity contribution is 6.00. The average Bonchev–Trinajstić information content (AvgIpc) is 2.18. The van der Waals surface area contributed by atoms with Crippen LogP contribution in [-0.2, 0) is 0 Å². The summed E-state index contributed by atoms with van der Waals surface area (Å²) in [5, 5.41) is 3.16. The first-order chi connectivity index (χ1) is 6.67. The lowest BCUT2D eigenvalue weighted by molar-refractivity contribution is 0.642. The van der Waals surface area contributed by atoms with E-state index >= 15 is 0 Å². The summed E-state index contributed by atoms with van der Waals surface area (Å²) in [5.74, 6) is 0.943. The van der Waals surface area contributed by atoms with E-state index in [2.05, 4.69) is 42.4 Å². The van der Waals surface area contributed by atoms with E-state index in [9.17, 15) is 0 Å². The minimum absolute atomic E-state index is 0.101. The Balaban J connectivity index is 2.33. The smallest absolute Gasteiger partial charge is 0.133 e. The van der Waals surface area contributed by atoms with Crippen molar-refractivity contribution in [3.63, 3.8) is 0 Å². The molecule has 1 aliphatic rings. The molecule has 14 heavy (non-hydrogen) atoms. The first-order valence-corrected chi connectivity index (χ1v) is 4.77. The topological polar surface area (TPSA) is 24.4 Å². The zero-order chi connectivity index (χ0) is 10.0. The molecule has 0 aliphatic carbocycles. The Kier molecular flexibility index (Phi) is 2.12. The van der Waals surface area contributed by atoms with Crippen LogP contribution < -0.4 is 5.32 Å². The van der Waals surface area contributed by atoms with Gasteiger partial charge in [0.2, 0.25) is 0 Å². The predicted molar refractivity (Wildman–Crippen MR) is 59.3 cm³/mol. The standard InChI is InChI=1S/C12H14N2/c1-12(2)8-9-13-11(14-12)10-6-4-3-5-7-10/h3-9H,1-2H3,(H,13,14). The highest BCUT2D eigenvalue weighted by atomic mass is 15.0. The van der Waals surface area contributed by atoms with Crippen molar-refractivity contribution < 1.29 is 0 Å². The maximum atomic E-state index is 4.60. The van der Waals surface area contributed by atoms with Crippen molar-refractivity contribution in [1.29, 1.82) is 0 Å². The fourth-order valence-electron chi connectivity index (χ4n) is 1.43. The number of amidine groups is 1. The van der Waals surface area contributed by atoms with E-state index in [4.69, 9.17) is 0 Å². The first-order valence-electron chi connectivity index (χ1n) is 4.77. The van der Waals surface area contributed by atoms with Gasteiger partial charge in [-0.3, -0.25) is 4.99 Å². The second-order valence-corrected chi connectivity index (χ2v) is 3.96. The van der Waals surface area contributed by atoms with Gasteiger partial charge in [0, 0.05) is 11.8 Å². The molecule has 0 saturated heterocycles. The molecule has 2 heteroatoms. The fourth-order valence-corrected chi connectivity index (χ4v) is 1.43. The van der Waals surface area contributed by atoms with Gasteiger partial charge >= 0.3 is 0 Å². The predicted octanol–water partition coefficient (Wildman–Crippen LogP) is 2.33. The zero-order valence-electron chi connectivity index (χ0n) is 8.49. The third-order valence-electron chi connectivity index (χ3n) is 2.16. The van der Waals surface area contributed by atoms with Crippen LogP contribution in [0.5, 0.6) is 0 Å². The normalized spacial score (nSPS) is 18.6. The van der Waals surface area contributed by atoms with Gasteiger partial charge < -0.3 is 5.32 Å². The highest BCUT2D eigenvalue weighted by Crippen LogP contribution is 2.15. The molecule has 1 heterocycles. The third-order valence-corrected chi connectivity index (χ3v) is 2.16. The molecule has 2 rings (SSSR count). The summed E-state index contributed by atoms with van der Waals surface area (Å²) in [4.78, 5) is 4.60. The van der Waals surface area contributed by atoms with Crippen LogP contribution in [0.2, 0.25) is 0 Å². The molecule has 1 aromatic rings. The van der Waals surface area contributed by atoms with Gasteiger partial charge in [0.15, 0.2) is 0 Å². The number of rotatable bonds is 1. The SMILES string of the molecule is CC1(C)C=CNC(c2ccccc2)=N1. The van der Waals surface area contributed by atoms with E-state index in [-0.39, 0.29) is 5.54 Å². The fraction of sp³-hybridized carbons (Fsp3) is 0.250. The highest BCUT2D eigenvalue weighted by Gasteiger charge is 2.17. The van der Waals surface area contributed by atoms with E-state index in [1.165, 1.54) is 0 Å². The maximum absolute atomic E-state index is 4.60. The van der Waals surface area contributed by atoms with Crippen molar-refractivity contribution in [2.45, 2.75) is 19.4 Å². The van der Waals surface area contributed by atoms with E-state index in [0.29, 0.717) is 0 Å². The molecule has 0 saturated carbocycles. The van der Waals surface area contributed by atoms with Crippen molar-refractivity contribution in [3.8, 4) is 0 Å².